The van der Waals surface area contributed by atoms with Crippen LogP contribution in [-0.4, -0.2) is 54.4 Å². The number of unbranched alkanes of at least 4 members (excludes halogenated alkanes) is 1. The van der Waals surface area contributed by atoms with Crippen molar-refractivity contribution in [3.63, 3.8) is 0 Å². The summed E-state index contributed by atoms with van der Waals surface area (Å²) in [6.07, 6.45) is 0.0344. The van der Waals surface area contributed by atoms with E-state index in [2.05, 4.69) is 20.7 Å². The molecule has 0 aromatic carbocycles. The summed E-state index contributed by atoms with van der Waals surface area (Å²) in [5.41, 5.74) is 0. The molecule has 0 aromatic rings. The van der Waals surface area contributed by atoms with E-state index in [0.717, 1.165) is 6.92 Å². The molecule has 0 aromatic heterocycles. The summed E-state index contributed by atoms with van der Waals surface area (Å²) in [6, 6.07) is -1.96. The van der Waals surface area contributed by atoms with E-state index in [1.54, 1.807) is 0 Å². The molecule has 0 unspecified atom stereocenters. The molecule has 10 heteroatoms. The normalized spacial score (nSPS) is 13.7. The van der Waals surface area contributed by atoms with Gasteiger partial charge < -0.3 is 30.6 Å². The highest BCUT2D eigenvalue weighted by Crippen LogP contribution is 2.03. The van der Waals surface area contributed by atoms with Crippen LogP contribution in [0, 0.1) is 0 Å². The molecule has 0 aliphatic carbocycles. The van der Waals surface area contributed by atoms with Crippen molar-refractivity contribution in [2.75, 3.05) is 6.54 Å². The van der Waals surface area contributed by atoms with Crippen molar-refractivity contribution in [3.05, 3.63) is 0 Å². The van der Waals surface area contributed by atoms with E-state index in [9.17, 15) is 29.1 Å². The molecule has 3 N–H and O–H groups in total. The van der Waals surface area contributed by atoms with Gasteiger partial charge in [-0.15, -0.1) is 0 Å². The third-order valence-electron chi connectivity index (χ3n) is 3.32. The zero-order valence-corrected chi connectivity index (χ0v) is 15.4. The van der Waals surface area contributed by atoms with Crippen LogP contribution in [0.4, 0.5) is 0 Å². The van der Waals surface area contributed by atoms with Crippen molar-refractivity contribution in [1.29, 1.82) is 0 Å². The summed E-state index contributed by atoms with van der Waals surface area (Å²) >= 11 is 0. The molecule has 148 valence electrons. The maximum atomic E-state index is 12.3. The van der Waals surface area contributed by atoms with Gasteiger partial charge in [-0.25, -0.2) is 4.79 Å². The predicted molar refractivity (Wildman–Crippen MR) is 88.3 cm³/mol. The monoisotopic (exact) mass is 372 g/mol. The van der Waals surface area contributed by atoms with Crippen LogP contribution in [0.1, 0.15) is 47.0 Å². The van der Waals surface area contributed by atoms with Gasteiger partial charge in [-0.05, 0) is 33.1 Å². The zero-order chi connectivity index (χ0) is 20.3. The number of aliphatic carboxylic acids is 1. The lowest BCUT2D eigenvalue weighted by molar-refractivity contribution is -0.314. The number of carbonyl (C=O) groups excluding carboxylic acids is 5. The van der Waals surface area contributed by atoms with E-state index in [-0.39, 0.29) is 5.91 Å². The standard InChI is InChI=1S/C16H27N3O7/c1-9(16(25)26-10(2)15(23)24)18-14(22)13(19-12(4)21)7-5-6-8-17-11(3)20/h9-10,13H,5-8H2,1-4H3,(H,17,20)(H,18,22)(H,19,21)(H,23,24)/p-1/t9-,10-,13+/m1/s1. The molecular weight excluding hydrogens is 346 g/mol. The minimum absolute atomic E-state index is 0.153. The van der Waals surface area contributed by atoms with Crippen molar-refractivity contribution in [1.82, 2.24) is 16.0 Å². The van der Waals surface area contributed by atoms with Crippen LogP contribution in [0.15, 0.2) is 0 Å². The number of carboxylic acid groups (broad SMARTS) is 1. The number of carboxylic acids is 1. The molecule has 0 bridgehead atoms. The Morgan fingerprint density at radius 3 is 2.08 bits per heavy atom. The molecule has 0 aliphatic heterocycles. The summed E-state index contributed by atoms with van der Waals surface area (Å²) in [5.74, 6) is -3.63. The maximum Gasteiger partial charge on any atom is 0.328 e. The second-order valence-corrected chi connectivity index (χ2v) is 5.86. The Morgan fingerprint density at radius 2 is 1.58 bits per heavy atom. The summed E-state index contributed by atoms with van der Waals surface area (Å²) in [7, 11) is 0. The first-order valence-electron chi connectivity index (χ1n) is 8.27. The first-order valence-corrected chi connectivity index (χ1v) is 8.27. The van der Waals surface area contributed by atoms with Gasteiger partial charge in [0, 0.05) is 20.4 Å². The Balaban J connectivity index is 4.56. The second-order valence-electron chi connectivity index (χ2n) is 5.86. The summed E-state index contributed by atoms with van der Waals surface area (Å²) in [5, 5.41) is 18.1. The Labute approximate surface area is 152 Å². The Morgan fingerprint density at radius 1 is 0.962 bits per heavy atom. The van der Waals surface area contributed by atoms with Crippen LogP contribution in [0.25, 0.3) is 0 Å². The molecule has 0 heterocycles. The quantitative estimate of drug-likeness (QED) is 0.279. The van der Waals surface area contributed by atoms with Crippen LogP contribution in [0.3, 0.4) is 0 Å². The van der Waals surface area contributed by atoms with E-state index in [1.165, 1.54) is 20.8 Å². The van der Waals surface area contributed by atoms with Gasteiger partial charge in [0.25, 0.3) is 0 Å². The molecule has 0 rings (SSSR count). The molecule has 0 radical (unpaired) electrons. The molecule has 26 heavy (non-hydrogen) atoms. The summed E-state index contributed by atoms with van der Waals surface area (Å²) in [6.45, 7) is 5.58. The first kappa shape index (κ1) is 23.4. The number of rotatable bonds is 11. The molecule has 0 saturated carbocycles. The number of ether oxygens (including phenoxy) is 1. The SMILES string of the molecule is CC(=O)NCCCC[C@H](NC(C)=O)C(=O)N[C@H](C)C(=O)O[C@H](C)C(=O)[O-]. The molecule has 0 spiro atoms. The zero-order valence-electron chi connectivity index (χ0n) is 15.4. The summed E-state index contributed by atoms with van der Waals surface area (Å²) in [4.78, 5) is 56.6. The van der Waals surface area contributed by atoms with Gasteiger partial charge in [-0.1, -0.05) is 0 Å². The lowest BCUT2D eigenvalue weighted by atomic mass is 10.1. The highest BCUT2D eigenvalue weighted by Gasteiger charge is 2.25. The molecular formula is C16H26N3O7-. The van der Waals surface area contributed by atoms with Gasteiger partial charge in [0.1, 0.15) is 18.2 Å². The number of nitrogens with one attached hydrogen (secondary N) is 3. The third-order valence-corrected chi connectivity index (χ3v) is 3.32. The van der Waals surface area contributed by atoms with Gasteiger partial charge in [-0.3, -0.25) is 14.4 Å². The van der Waals surface area contributed by atoms with Gasteiger partial charge in [0.05, 0.1) is 5.97 Å². The van der Waals surface area contributed by atoms with Crippen molar-refractivity contribution >= 4 is 29.7 Å². The van der Waals surface area contributed by atoms with Crippen molar-refractivity contribution in [2.45, 2.75) is 65.1 Å². The van der Waals surface area contributed by atoms with Gasteiger partial charge >= 0.3 is 5.97 Å². The van der Waals surface area contributed by atoms with Crippen LogP contribution < -0.4 is 21.1 Å². The number of esters is 1. The first-order chi connectivity index (χ1) is 12.0. The van der Waals surface area contributed by atoms with Crippen LogP contribution >= 0.6 is 0 Å². The van der Waals surface area contributed by atoms with Crippen molar-refractivity contribution in [2.24, 2.45) is 0 Å². The predicted octanol–water partition coefficient (Wildman–Crippen LogP) is -2.02. The molecule has 10 nitrogen and oxygen atoms in total. The fraction of sp³-hybridized carbons (Fsp3) is 0.688. The highest BCUT2D eigenvalue weighted by molar-refractivity contribution is 5.90. The van der Waals surface area contributed by atoms with Gasteiger partial charge in [-0.2, -0.15) is 0 Å². The third kappa shape index (κ3) is 10.3. The van der Waals surface area contributed by atoms with Crippen LogP contribution in [0.2, 0.25) is 0 Å². The van der Waals surface area contributed by atoms with Crippen molar-refractivity contribution in [3.8, 4) is 0 Å². The number of hydrogen-bond donors (Lipinski definition) is 3. The topological polar surface area (TPSA) is 154 Å². The average molecular weight is 372 g/mol. The lowest BCUT2D eigenvalue weighted by Crippen LogP contribution is -2.51. The van der Waals surface area contributed by atoms with Gasteiger partial charge in [0.2, 0.25) is 17.7 Å². The Kier molecular flexibility index (Phi) is 10.6. The van der Waals surface area contributed by atoms with Crippen LogP contribution in [0.5, 0.6) is 0 Å². The van der Waals surface area contributed by atoms with E-state index in [4.69, 9.17) is 0 Å². The smallest absolute Gasteiger partial charge is 0.328 e. The fourth-order valence-electron chi connectivity index (χ4n) is 1.95. The molecule has 3 atom stereocenters. The number of amides is 3. The average Bonchev–Trinajstić information content (AvgIpc) is 2.52. The summed E-state index contributed by atoms with van der Waals surface area (Å²) < 4.78 is 4.63. The highest BCUT2D eigenvalue weighted by atomic mass is 16.6. The largest absolute Gasteiger partial charge is 0.546 e. The number of carbonyl (C=O) groups is 5. The molecule has 0 fully saturated rings. The van der Waals surface area contributed by atoms with Crippen LogP contribution in [-0.2, 0) is 28.7 Å². The molecule has 3 amide bonds. The lowest BCUT2D eigenvalue weighted by Gasteiger charge is -2.22. The molecule has 0 aliphatic rings. The number of hydrogen-bond acceptors (Lipinski definition) is 7. The van der Waals surface area contributed by atoms with E-state index in [1.807, 2.05) is 0 Å². The molecule has 0 saturated heterocycles. The minimum atomic E-state index is -1.55. The van der Waals surface area contributed by atoms with Gasteiger partial charge in [0.15, 0.2) is 0 Å². The van der Waals surface area contributed by atoms with E-state index >= 15 is 0 Å². The van der Waals surface area contributed by atoms with E-state index < -0.39 is 41.9 Å². The Bertz CT molecular complexity index is 536. The minimum Gasteiger partial charge on any atom is -0.546 e. The second kappa shape index (κ2) is 11.8. The maximum absolute atomic E-state index is 12.3. The van der Waals surface area contributed by atoms with Crippen molar-refractivity contribution < 1.29 is 33.8 Å². The fourth-order valence-corrected chi connectivity index (χ4v) is 1.95. The van der Waals surface area contributed by atoms with E-state index in [0.29, 0.717) is 25.8 Å². The Hall–Kier alpha value is -2.65.